The smallest absolute Gasteiger partial charge is 0.305 e. The maximum Gasteiger partial charge on any atom is 0.305 e. The number of ether oxygens (including phenoxy) is 1. The highest BCUT2D eigenvalue weighted by Crippen LogP contribution is 2.69. The molecule has 0 heterocycles. The summed E-state index contributed by atoms with van der Waals surface area (Å²) in [5.41, 5.74) is 0.650. The first kappa shape index (κ1) is 29.8. The lowest BCUT2D eigenvalue weighted by atomic mass is 9.43. The van der Waals surface area contributed by atoms with E-state index in [1.165, 1.54) is 58.5 Å². The largest absolute Gasteiger partial charge is 0.469 e. The zero-order valence-corrected chi connectivity index (χ0v) is 27.8. The summed E-state index contributed by atoms with van der Waals surface area (Å²) in [5, 5.41) is 0. The zero-order chi connectivity index (χ0) is 27.4. The van der Waals surface area contributed by atoms with Gasteiger partial charge in [-0.3, -0.25) is 4.79 Å². The molecule has 7 unspecified atom stereocenters. The number of fused-ring (bicyclic) bond motifs is 5. The highest BCUT2D eigenvalue weighted by atomic mass is 28.4. The number of carbonyl (C=O) groups excluding carboxylic acids is 1. The lowest BCUT2D eigenvalue weighted by Gasteiger charge is -2.64. The predicted octanol–water partition coefficient (Wildman–Crippen LogP) is 8.28. The second-order valence-electron chi connectivity index (χ2n) is 15.9. The molecule has 0 aromatic heterocycles. The van der Waals surface area contributed by atoms with Crippen LogP contribution in [-0.2, 0) is 18.4 Å². The van der Waals surface area contributed by atoms with E-state index in [0.717, 1.165) is 30.1 Å². The molecule has 4 rings (SSSR count). The van der Waals surface area contributed by atoms with Gasteiger partial charge < -0.3 is 13.6 Å². The van der Waals surface area contributed by atoms with E-state index in [0.29, 0.717) is 35.9 Å². The molecular formula is C31H58O4Si2. The van der Waals surface area contributed by atoms with Crippen molar-refractivity contribution in [2.75, 3.05) is 7.11 Å². The molecule has 6 heteroatoms. The topological polar surface area (TPSA) is 44.8 Å². The van der Waals surface area contributed by atoms with Crippen molar-refractivity contribution >= 4 is 22.6 Å². The highest BCUT2D eigenvalue weighted by Gasteiger charge is 2.64. The molecule has 0 spiro atoms. The number of rotatable bonds is 8. The quantitative estimate of drug-likeness (QED) is 0.225. The molecule has 10 atom stereocenters. The maximum absolute atomic E-state index is 12.0. The summed E-state index contributed by atoms with van der Waals surface area (Å²) in [7, 11) is -1.70. The summed E-state index contributed by atoms with van der Waals surface area (Å²) in [4.78, 5) is 12.0. The molecule has 4 fully saturated rings. The second kappa shape index (κ2) is 10.7. The highest BCUT2D eigenvalue weighted by molar-refractivity contribution is 6.70. The Morgan fingerprint density at radius 1 is 0.892 bits per heavy atom. The van der Waals surface area contributed by atoms with Crippen LogP contribution < -0.4 is 0 Å². The summed E-state index contributed by atoms with van der Waals surface area (Å²) >= 11 is 0. The van der Waals surface area contributed by atoms with E-state index in [2.05, 4.69) is 60.1 Å². The monoisotopic (exact) mass is 550 g/mol. The average Bonchev–Trinajstić information content (AvgIpc) is 3.14. The molecular weight excluding hydrogens is 493 g/mol. The Morgan fingerprint density at radius 3 is 2.19 bits per heavy atom. The van der Waals surface area contributed by atoms with Gasteiger partial charge in [-0.15, -0.1) is 0 Å². The molecule has 214 valence electrons. The predicted molar refractivity (Wildman–Crippen MR) is 157 cm³/mol. The third-order valence-corrected chi connectivity index (χ3v) is 13.5. The van der Waals surface area contributed by atoms with Crippen LogP contribution in [0.15, 0.2) is 0 Å². The first-order valence-electron chi connectivity index (χ1n) is 15.5. The van der Waals surface area contributed by atoms with Gasteiger partial charge in [-0.25, -0.2) is 0 Å². The third-order valence-electron chi connectivity index (χ3n) is 11.5. The van der Waals surface area contributed by atoms with Gasteiger partial charge in [-0.2, -0.15) is 0 Å². The Kier molecular flexibility index (Phi) is 8.59. The van der Waals surface area contributed by atoms with Crippen molar-refractivity contribution in [3.8, 4) is 0 Å². The van der Waals surface area contributed by atoms with E-state index in [1.54, 1.807) is 0 Å². The van der Waals surface area contributed by atoms with E-state index in [-0.39, 0.29) is 11.4 Å². The van der Waals surface area contributed by atoms with Crippen LogP contribution in [0.2, 0.25) is 39.3 Å². The molecule has 4 aliphatic carbocycles. The van der Waals surface area contributed by atoms with Crippen molar-refractivity contribution in [2.45, 2.75) is 136 Å². The lowest BCUT2D eigenvalue weighted by Crippen LogP contribution is -2.60. The van der Waals surface area contributed by atoms with Crippen molar-refractivity contribution in [2.24, 2.45) is 46.3 Å². The van der Waals surface area contributed by atoms with Crippen LogP contribution in [0.1, 0.15) is 85.0 Å². The molecule has 0 radical (unpaired) electrons. The first-order valence-corrected chi connectivity index (χ1v) is 22.3. The molecule has 0 aromatic rings. The third kappa shape index (κ3) is 5.97. The summed E-state index contributed by atoms with van der Waals surface area (Å²) in [6.45, 7) is 21.9. The van der Waals surface area contributed by atoms with Crippen LogP contribution in [0.3, 0.4) is 0 Å². The Morgan fingerprint density at radius 2 is 1.57 bits per heavy atom. The minimum absolute atomic E-state index is 0.0647. The van der Waals surface area contributed by atoms with Gasteiger partial charge in [-0.05, 0) is 143 Å². The minimum Gasteiger partial charge on any atom is -0.469 e. The average molecular weight is 551 g/mol. The molecule has 0 aromatic carbocycles. The van der Waals surface area contributed by atoms with Crippen LogP contribution >= 0.6 is 0 Å². The van der Waals surface area contributed by atoms with Crippen LogP contribution in [0.4, 0.5) is 0 Å². The number of hydrogen-bond acceptors (Lipinski definition) is 4. The van der Waals surface area contributed by atoms with Gasteiger partial charge >= 0.3 is 5.97 Å². The van der Waals surface area contributed by atoms with Gasteiger partial charge in [0.1, 0.15) is 0 Å². The molecule has 0 N–H and O–H groups in total. The fourth-order valence-electron chi connectivity index (χ4n) is 9.97. The van der Waals surface area contributed by atoms with E-state index in [1.807, 2.05) is 0 Å². The normalized spacial score (nSPS) is 42.9. The molecule has 4 aliphatic rings. The second-order valence-corrected chi connectivity index (χ2v) is 24.8. The zero-order valence-electron chi connectivity index (χ0n) is 25.8. The lowest BCUT2D eigenvalue weighted by molar-refractivity contribution is -0.169. The van der Waals surface area contributed by atoms with Crippen LogP contribution in [0.25, 0.3) is 0 Å². The van der Waals surface area contributed by atoms with Gasteiger partial charge in [0.25, 0.3) is 0 Å². The molecule has 0 saturated heterocycles. The Labute approximate surface area is 230 Å². The van der Waals surface area contributed by atoms with Crippen LogP contribution in [0, 0.1) is 46.3 Å². The number of carbonyl (C=O) groups is 1. The van der Waals surface area contributed by atoms with Crippen LogP contribution in [0.5, 0.6) is 0 Å². The van der Waals surface area contributed by atoms with Crippen molar-refractivity contribution < 1.29 is 18.4 Å². The summed E-state index contributed by atoms with van der Waals surface area (Å²) in [6, 6.07) is 0. The Hall–Kier alpha value is -0.176. The fraction of sp³-hybridized carbons (Fsp3) is 0.968. The number of methoxy groups -OCH3 is 1. The van der Waals surface area contributed by atoms with E-state index in [9.17, 15) is 4.79 Å². The first-order chi connectivity index (χ1) is 17.1. The van der Waals surface area contributed by atoms with Gasteiger partial charge in [0.15, 0.2) is 16.6 Å². The minimum atomic E-state index is -1.71. The van der Waals surface area contributed by atoms with Gasteiger partial charge in [0, 0.05) is 12.5 Å². The Balaban J connectivity index is 1.59. The molecule has 4 nitrogen and oxygen atoms in total. The van der Waals surface area contributed by atoms with E-state index >= 15 is 0 Å². The van der Waals surface area contributed by atoms with Crippen molar-refractivity contribution in [1.82, 2.24) is 0 Å². The van der Waals surface area contributed by atoms with Gasteiger partial charge in [-0.1, -0.05) is 20.8 Å². The maximum atomic E-state index is 12.0. The summed E-state index contributed by atoms with van der Waals surface area (Å²) < 4.78 is 18.9. The summed E-state index contributed by atoms with van der Waals surface area (Å²) in [6.07, 6.45) is 12.8. The Bertz CT molecular complexity index is 819. The molecule has 0 bridgehead atoms. The fourth-order valence-corrected chi connectivity index (χ4v) is 12.4. The number of esters is 1. The van der Waals surface area contributed by atoms with Crippen molar-refractivity contribution in [3.63, 3.8) is 0 Å². The van der Waals surface area contributed by atoms with E-state index in [4.69, 9.17) is 13.6 Å². The summed E-state index contributed by atoms with van der Waals surface area (Å²) in [5.74, 6) is 4.27. The van der Waals surface area contributed by atoms with E-state index < -0.39 is 16.6 Å². The van der Waals surface area contributed by atoms with Crippen molar-refractivity contribution in [3.05, 3.63) is 0 Å². The van der Waals surface area contributed by atoms with Gasteiger partial charge in [0.2, 0.25) is 0 Å². The molecule has 0 amide bonds. The molecule has 4 saturated carbocycles. The molecule has 37 heavy (non-hydrogen) atoms. The number of hydrogen-bond donors (Lipinski definition) is 0. The van der Waals surface area contributed by atoms with Gasteiger partial charge in [0.05, 0.1) is 13.2 Å². The van der Waals surface area contributed by atoms with Crippen molar-refractivity contribution in [1.29, 1.82) is 0 Å². The molecule has 0 aliphatic heterocycles. The van der Waals surface area contributed by atoms with Crippen LogP contribution in [-0.4, -0.2) is 41.9 Å². The standard InChI is InChI=1S/C31H58O4Si2/c1-21(11-16-29(32)33-4)25-14-15-26-24-13-12-22-19-23(34-36(5,6)7)17-18-30(22,2)27(24)20-28(31(25,26)3)35-37(8,9)10/h21-28H,11-20H2,1-10H3/t21?,22-,23-,24?,25?,26?,27?,28-,30?,31?/m1/s1. The SMILES string of the molecule is COC(=O)CCC(C)C1CCC2C3CC[C@@H]4C[C@H](O[Si](C)(C)C)CCC4(C)C3C[C@@H](O[Si](C)(C)C)C12C.